The Balaban J connectivity index is 2.31. The molecule has 6 N–H and O–H groups in total. The number of β-lactam (4-membered cyclic amide) rings is 1. The van der Waals surface area contributed by atoms with Crippen LogP contribution in [0.2, 0.25) is 0 Å². The lowest BCUT2D eigenvalue weighted by atomic mass is 9.77. The highest BCUT2D eigenvalue weighted by molar-refractivity contribution is 8.03. The van der Waals surface area contributed by atoms with Crippen molar-refractivity contribution < 1.29 is 24.6 Å². The average molecular weight is 357 g/mol. The minimum atomic E-state index is -1.17. The van der Waals surface area contributed by atoms with Gasteiger partial charge in [-0.2, -0.15) is 0 Å². The molecule has 0 spiro atoms. The molecule has 8 nitrogen and oxygen atoms in total. The Morgan fingerprint density at radius 1 is 1.42 bits per heavy atom. The van der Waals surface area contributed by atoms with Crippen molar-refractivity contribution in [3.8, 4) is 0 Å². The van der Waals surface area contributed by atoms with Gasteiger partial charge in [0.2, 0.25) is 11.8 Å². The molecular weight excluding hydrogens is 334 g/mol. The standard InChI is InChI=1S/C15H23N3O5S/c1-7(19)10-11-8(3-2-5-16)13(24-6-4-9(17)20)12(15(22)23)18(11)14(10)21/h7-8,10-11,19H,2-6,16H2,1H3,(H2,17,20)(H,22,23)/t7-,8-,10-,11-/m1/s1. The highest BCUT2D eigenvalue weighted by atomic mass is 32.2. The van der Waals surface area contributed by atoms with Crippen molar-refractivity contribution in [3.63, 3.8) is 0 Å². The Hall–Kier alpha value is -1.58. The molecule has 0 saturated carbocycles. The van der Waals surface area contributed by atoms with Crippen molar-refractivity contribution in [2.45, 2.75) is 38.3 Å². The van der Waals surface area contributed by atoms with Crippen LogP contribution < -0.4 is 11.5 Å². The van der Waals surface area contributed by atoms with Gasteiger partial charge in [0.05, 0.1) is 18.1 Å². The van der Waals surface area contributed by atoms with Gasteiger partial charge in [0.25, 0.3) is 0 Å². The molecule has 0 unspecified atom stereocenters. The molecule has 2 aliphatic rings. The first-order chi connectivity index (χ1) is 11.3. The number of nitrogens with zero attached hydrogens (tertiary/aromatic N) is 1. The van der Waals surface area contributed by atoms with Gasteiger partial charge in [-0.1, -0.05) is 0 Å². The van der Waals surface area contributed by atoms with Crippen LogP contribution in [-0.4, -0.2) is 57.3 Å². The smallest absolute Gasteiger partial charge is 0.353 e. The molecule has 24 heavy (non-hydrogen) atoms. The number of fused-ring (bicyclic) bond motifs is 1. The van der Waals surface area contributed by atoms with E-state index < -0.39 is 23.9 Å². The van der Waals surface area contributed by atoms with Crippen LogP contribution in [0.5, 0.6) is 0 Å². The summed E-state index contributed by atoms with van der Waals surface area (Å²) < 4.78 is 0. The molecule has 9 heteroatoms. The number of carboxylic acids is 1. The van der Waals surface area contributed by atoms with Gasteiger partial charge in [-0.3, -0.25) is 9.59 Å². The molecule has 1 fully saturated rings. The Kier molecular flexibility index (Phi) is 5.89. The monoisotopic (exact) mass is 357 g/mol. The van der Waals surface area contributed by atoms with Crippen molar-refractivity contribution in [3.05, 3.63) is 10.6 Å². The molecule has 4 atom stereocenters. The number of aliphatic hydroxyl groups excluding tert-OH is 1. The molecule has 0 radical (unpaired) electrons. The zero-order valence-electron chi connectivity index (χ0n) is 13.5. The second-order valence-electron chi connectivity index (χ2n) is 6.09. The van der Waals surface area contributed by atoms with E-state index in [4.69, 9.17) is 11.5 Å². The molecule has 2 rings (SSSR count). The van der Waals surface area contributed by atoms with Gasteiger partial charge in [0.15, 0.2) is 0 Å². The van der Waals surface area contributed by atoms with E-state index in [1.807, 2.05) is 0 Å². The van der Waals surface area contributed by atoms with E-state index >= 15 is 0 Å². The maximum Gasteiger partial charge on any atom is 0.353 e. The van der Waals surface area contributed by atoms with Crippen molar-refractivity contribution in [2.24, 2.45) is 23.3 Å². The number of aliphatic hydroxyl groups is 1. The van der Waals surface area contributed by atoms with Gasteiger partial charge in [-0.05, 0) is 26.3 Å². The number of thioether (sulfide) groups is 1. The van der Waals surface area contributed by atoms with Crippen LogP contribution in [-0.2, 0) is 14.4 Å². The molecule has 0 bridgehead atoms. The number of rotatable bonds is 9. The summed E-state index contributed by atoms with van der Waals surface area (Å²) >= 11 is 1.25. The Labute approximate surface area is 144 Å². The van der Waals surface area contributed by atoms with Crippen LogP contribution in [0.1, 0.15) is 26.2 Å². The van der Waals surface area contributed by atoms with Gasteiger partial charge >= 0.3 is 5.97 Å². The minimum absolute atomic E-state index is 0.0293. The maximum absolute atomic E-state index is 12.3. The van der Waals surface area contributed by atoms with Crippen LogP contribution in [0.4, 0.5) is 0 Å². The Morgan fingerprint density at radius 3 is 2.58 bits per heavy atom. The number of hydrogen-bond acceptors (Lipinski definition) is 6. The number of carbonyl (C=O) groups excluding carboxylic acids is 2. The summed E-state index contributed by atoms with van der Waals surface area (Å²) in [4.78, 5) is 36.8. The molecule has 134 valence electrons. The quantitative estimate of drug-likeness (QED) is 0.405. The first-order valence-corrected chi connectivity index (χ1v) is 8.89. The van der Waals surface area contributed by atoms with Gasteiger partial charge in [-0.25, -0.2) is 4.79 Å². The van der Waals surface area contributed by atoms with Crippen molar-refractivity contribution in [1.29, 1.82) is 0 Å². The first-order valence-electron chi connectivity index (χ1n) is 7.91. The molecule has 2 aliphatic heterocycles. The number of amides is 2. The van der Waals surface area contributed by atoms with E-state index in [-0.39, 0.29) is 30.0 Å². The number of primary amides is 1. The second kappa shape index (κ2) is 7.54. The molecule has 1 saturated heterocycles. The van der Waals surface area contributed by atoms with Gasteiger partial charge in [0, 0.05) is 23.0 Å². The average Bonchev–Trinajstić information content (AvgIpc) is 2.75. The topological polar surface area (TPSA) is 147 Å². The van der Waals surface area contributed by atoms with Gasteiger partial charge in [-0.15, -0.1) is 11.8 Å². The lowest BCUT2D eigenvalue weighted by Gasteiger charge is -2.47. The predicted octanol–water partition coefficient (Wildman–Crippen LogP) is -0.532. The summed E-state index contributed by atoms with van der Waals surface area (Å²) in [5, 5.41) is 19.4. The molecule has 0 aromatic heterocycles. The minimum Gasteiger partial charge on any atom is -0.477 e. The molecule has 0 aliphatic carbocycles. The molecule has 2 heterocycles. The number of aliphatic carboxylic acids is 1. The summed E-state index contributed by atoms with van der Waals surface area (Å²) in [6, 6.07) is -0.355. The summed E-state index contributed by atoms with van der Waals surface area (Å²) in [6.07, 6.45) is 0.597. The Bertz CT molecular complexity index is 577. The maximum atomic E-state index is 12.3. The van der Waals surface area contributed by atoms with E-state index in [1.54, 1.807) is 6.92 Å². The lowest BCUT2D eigenvalue weighted by Crippen LogP contribution is -2.63. The third kappa shape index (κ3) is 3.28. The third-order valence-corrected chi connectivity index (χ3v) is 5.67. The number of hydrogen-bond donors (Lipinski definition) is 4. The normalized spacial score (nSPS) is 27.0. The van der Waals surface area contributed by atoms with Gasteiger partial charge < -0.3 is 26.6 Å². The van der Waals surface area contributed by atoms with Crippen LogP contribution in [0, 0.1) is 11.8 Å². The summed E-state index contributed by atoms with van der Waals surface area (Å²) in [6.45, 7) is 2.00. The zero-order chi connectivity index (χ0) is 18.0. The van der Waals surface area contributed by atoms with Crippen LogP contribution >= 0.6 is 11.8 Å². The summed E-state index contributed by atoms with van der Waals surface area (Å²) in [5.74, 6) is -2.43. The van der Waals surface area contributed by atoms with Crippen molar-refractivity contribution in [2.75, 3.05) is 12.3 Å². The fourth-order valence-corrected chi connectivity index (χ4v) is 4.76. The molecular formula is C15H23N3O5S. The molecule has 0 aromatic rings. The van der Waals surface area contributed by atoms with E-state index in [9.17, 15) is 24.6 Å². The van der Waals surface area contributed by atoms with E-state index in [0.29, 0.717) is 30.0 Å². The fourth-order valence-electron chi connectivity index (χ4n) is 3.45. The van der Waals surface area contributed by atoms with Gasteiger partial charge in [0.1, 0.15) is 5.70 Å². The molecule has 0 aromatic carbocycles. The summed E-state index contributed by atoms with van der Waals surface area (Å²) in [7, 11) is 0. The summed E-state index contributed by atoms with van der Waals surface area (Å²) in [5.41, 5.74) is 10.7. The third-order valence-electron chi connectivity index (χ3n) is 4.46. The highest BCUT2D eigenvalue weighted by Gasteiger charge is 2.60. The van der Waals surface area contributed by atoms with Crippen molar-refractivity contribution >= 4 is 29.5 Å². The lowest BCUT2D eigenvalue weighted by molar-refractivity contribution is -0.163. The van der Waals surface area contributed by atoms with Crippen LogP contribution in [0.3, 0.4) is 0 Å². The number of carboxylic acid groups (broad SMARTS) is 1. The highest BCUT2D eigenvalue weighted by Crippen LogP contribution is 2.52. The number of carbonyl (C=O) groups is 3. The fraction of sp³-hybridized carbons (Fsp3) is 0.667. The van der Waals surface area contributed by atoms with E-state index in [2.05, 4.69) is 0 Å². The SMILES string of the molecule is C[C@@H](O)[C@H]1C(=O)N2C(C(=O)O)=C(SCCC(N)=O)[C@H](CCCN)[C@H]12. The van der Waals surface area contributed by atoms with Crippen LogP contribution in [0.25, 0.3) is 0 Å². The van der Waals surface area contributed by atoms with Crippen molar-refractivity contribution in [1.82, 2.24) is 4.90 Å². The van der Waals surface area contributed by atoms with Crippen LogP contribution in [0.15, 0.2) is 10.6 Å². The largest absolute Gasteiger partial charge is 0.477 e. The van der Waals surface area contributed by atoms with E-state index in [1.165, 1.54) is 16.7 Å². The first kappa shape index (κ1) is 18.8. The zero-order valence-corrected chi connectivity index (χ0v) is 14.3. The molecule has 2 amide bonds. The Morgan fingerprint density at radius 2 is 2.08 bits per heavy atom. The number of nitrogens with two attached hydrogens (primary N) is 2. The second-order valence-corrected chi connectivity index (χ2v) is 7.22. The predicted molar refractivity (Wildman–Crippen MR) is 88.5 cm³/mol. The van der Waals surface area contributed by atoms with E-state index in [0.717, 1.165) is 0 Å².